The Morgan fingerprint density at radius 1 is 1.29 bits per heavy atom. The fourth-order valence-electron chi connectivity index (χ4n) is 1.36. The maximum absolute atomic E-state index is 13.4. The molecule has 0 saturated carbocycles. The molecule has 0 amide bonds. The lowest BCUT2D eigenvalue weighted by atomic mass is 10.3. The van der Waals surface area contributed by atoms with Crippen LogP contribution in [0.3, 0.4) is 0 Å². The van der Waals surface area contributed by atoms with Gasteiger partial charge in [-0.3, -0.25) is 14.8 Å². The van der Waals surface area contributed by atoms with Crippen molar-refractivity contribution < 1.29 is 22.1 Å². The van der Waals surface area contributed by atoms with Crippen molar-refractivity contribution in [2.45, 2.75) is 4.21 Å². The molecule has 2 aromatic rings. The van der Waals surface area contributed by atoms with Crippen LogP contribution in [0.5, 0.6) is 0 Å². The van der Waals surface area contributed by atoms with Crippen LogP contribution in [-0.4, -0.2) is 13.3 Å². The number of halogens is 3. The number of nitrogens with one attached hydrogen (secondary N) is 1. The number of nitro groups is 1. The maximum atomic E-state index is 13.4. The summed E-state index contributed by atoms with van der Waals surface area (Å²) in [6.45, 7) is 0. The van der Waals surface area contributed by atoms with E-state index >= 15 is 0 Å². The number of hydrogen-bond acceptors (Lipinski definition) is 5. The molecule has 1 heterocycles. The Morgan fingerprint density at radius 3 is 2.48 bits per heavy atom. The fraction of sp³-hybridized carbons (Fsp3) is 0. The first-order valence-corrected chi connectivity index (χ1v) is 7.80. The smallest absolute Gasteiger partial charge is 0.276 e. The third-order valence-corrected chi connectivity index (χ3v) is 5.46. The minimum Gasteiger partial charge on any atom is -0.276 e. The monoisotopic (exact) mass is 354 g/mol. The molecule has 112 valence electrons. The standard InChI is InChI=1S/C10H5ClF2N2O4S2/c11-10-8(15(16)17)4-9(20-10)21(18,19)14-7-2-1-5(12)3-6(7)13/h1-4,14H. The highest BCUT2D eigenvalue weighted by Gasteiger charge is 2.26. The number of benzene rings is 1. The van der Waals surface area contributed by atoms with Gasteiger partial charge in [-0.25, -0.2) is 17.2 Å². The molecule has 0 spiro atoms. The van der Waals surface area contributed by atoms with E-state index in [1.54, 1.807) is 0 Å². The van der Waals surface area contributed by atoms with Crippen molar-refractivity contribution >= 4 is 44.3 Å². The summed E-state index contributed by atoms with van der Waals surface area (Å²) in [7, 11) is -4.27. The lowest BCUT2D eigenvalue weighted by molar-refractivity contribution is -0.384. The number of sulfonamides is 1. The molecular weight excluding hydrogens is 350 g/mol. The largest absolute Gasteiger partial charge is 0.300 e. The van der Waals surface area contributed by atoms with Crippen LogP contribution in [-0.2, 0) is 10.0 Å². The lowest BCUT2D eigenvalue weighted by Crippen LogP contribution is -2.12. The predicted octanol–water partition coefficient (Wildman–Crippen LogP) is 3.39. The van der Waals surface area contributed by atoms with Crippen molar-refractivity contribution in [1.82, 2.24) is 0 Å². The summed E-state index contributed by atoms with van der Waals surface area (Å²) >= 11 is 6.02. The molecule has 1 N–H and O–H groups in total. The van der Waals surface area contributed by atoms with Crippen LogP contribution < -0.4 is 4.72 Å². The first kappa shape index (κ1) is 15.6. The Labute approximate surface area is 126 Å². The van der Waals surface area contributed by atoms with E-state index in [-0.39, 0.29) is 4.34 Å². The SMILES string of the molecule is O=[N+]([O-])c1cc(S(=O)(=O)Nc2ccc(F)cc2F)sc1Cl. The molecule has 6 nitrogen and oxygen atoms in total. The van der Waals surface area contributed by atoms with Crippen LogP contribution in [0, 0.1) is 21.7 Å². The number of thiophene rings is 1. The number of anilines is 1. The van der Waals surface area contributed by atoms with Gasteiger partial charge < -0.3 is 0 Å². The molecule has 0 atom stereocenters. The molecule has 2 rings (SSSR count). The fourth-order valence-corrected chi connectivity index (χ4v) is 4.09. The van der Waals surface area contributed by atoms with E-state index in [9.17, 15) is 27.3 Å². The molecule has 21 heavy (non-hydrogen) atoms. The van der Waals surface area contributed by atoms with Crippen LogP contribution in [0.15, 0.2) is 28.5 Å². The number of rotatable bonds is 4. The molecule has 0 bridgehead atoms. The van der Waals surface area contributed by atoms with Gasteiger partial charge in [0, 0.05) is 12.1 Å². The molecule has 0 aliphatic carbocycles. The molecule has 11 heteroatoms. The van der Waals surface area contributed by atoms with E-state index < -0.39 is 42.2 Å². The summed E-state index contributed by atoms with van der Waals surface area (Å²) in [4.78, 5) is 9.79. The average Bonchev–Trinajstić information content (AvgIpc) is 2.76. The number of nitrogens with zero attached hydrogens (tertiary/aromatic N) is 1. The van der Waals surface area contributed by atoms with Gasteiger partial charge >= 0.3 is 0 Å². The van der Waals surface area contributed by atoms with Gasteiger partial charge in [0.2, 0.25) is 0 Å². The quantitative estimate of drug-likeness (QED) is 0.673. The number of hydrogen-bond donors (Lipinski definition) is 1. The predicted molar refractivity (Wildman–Crippen MR) is 73.1 cm³/mol. The third-order valence-electron chi connectivity index (χ3n) is 2.28. The zero-order valence-electron chi connectivity index (χ0n) is 9.84. The van der Waals surface area contributed by atoms with Crippen LogP contribution in [0.4, 0.5) is 20.2 Å². The normalized spacial score (nSPS) is 11.4. The first-order valence-electron chi connectivity index (χ1n) is 5.12. The van der Waals surface area contributed by atoms with Gasteiger partial charge in [0.05, 0.1) is 10.6 Å². The molecule has 0 radical (unpaired) electrons. The van der Waals surface area contributed by atoms with Gasteiger partial charge in [0.1, 0.15) is 15.8 Å². The maximum Gasteiger partial charge on any atom is 0.300 e. The second-order valence-electron chi connectivity index (χ2n) is 3.71. The van der Waals surface area contributed by atoms with Crippen LogP contribution in [0.25, 0.3) is 0 Å². The summed E-state index contributed by atoms with van der Waals surface area (Å²) < 4.78 is 51.2. The van der Waals surface area contributed by atoms with Crippen molar-refractivity contribution in [3.05, 3.63) is 50.4 Å². The van der Waals surface area contributed by atoms with Gasteiger partial charge in [-0.15, -0.1) is 11.3 Å². The minimum atomic E-state index is -4.27. The summed E-state index contributed by atoms with van der Waals surface area (Å²) in [5.41, 5.74) is -1.05. The minimum absolute atomic E-state index is 0.319. The molecule has 0 aliphatic rings. The Bertz CT molecular complexity index is 822. The van der Waals surface area contributed by atoms with E-state index in [2.05, 4.69) is 0 Å². The molecular formula is C10H5ClF2N2O4S2. The van der Waals surface area contributed by atoms with Crippen molar-refractivity contribution in [3.63, 3.8) is 0 Å². The zero-order chi connectivity index (χ0) is 15.8. The topological polar surface area (TPSA) is 89.3 Å². The summed E-state index contributed by atoms with van der Waals surface area (Å²) in [6.07, 6.45) is 0. The molecule has 1 aromatic heterocycles. The van der Waals surface area contributed by atoms with Gasteiger partial charge in [-0.05, 0) is 12.1 Å². The van der Waals surface area contributed by atoms with Gasteiger partial charge in [0.15, 0.2) is 4.34 Å². The Hall–Kier alpha value is -1.78. The lowest BCUT2D eigenvalue weighted by Gasteiger charge is -2.06. The summed E-state index contributed by atoms with van der Waals surface area (Å²) in [5.74, 6) is -1.99. The zero-order valence-corrected chi connectivity index (χ0v) is 12.2. The molecule has 0 fully saturated rings. The highest BCUT2D eigenvalue weighted by Crippen LogP contribution is 2.37. The van der Waals surface area contributed by atoms with E-state index in [1.165, 1.54) is 0 Å². The Balaban J connectivity index is 2.38. The van der Waals surface area contributed by atoms with E-state index in [0.717, 1.165) is 18.2 Å². The highest BCUT2D eigenvalue weighted by atomic mass is 35.5. The van der Waals surface area contributed by atoms with Crippen LogP contribution in [0.1, 0.15) is 0 Å². The second kappa shape index (κ2) is 5.54. The van der Waals surface area contributed by atoms with Gasteiger partial charge in [0.25, 0.3) is 15.7 Å². The van der Waals surface area contributed by atoms with Crippen molar-refractivity contribution in [2.75, 3.05) is 4.72 Å². The van der Waals surface area contributed by atoms with E-state index in [4.69, 9.17) is 11.6 Å². The molecule has 0 saturated heterocycles. The van der Waals surface area contributed by atoms with E-state index in [1.807, 2.05) is 4.72 Å². The van der Waals surface area contributed by atoms with Crippen LogP contribution in [0.2, 0.25) is 4.34 Å². The third kappa shape index (κ3) is 3.28. The van der Waals surface area contributed by atoms with Crippen molar-refractivity contribution in [2.24, 2.45) is 0 Å². The van der Waals surface area contributed by atoms with E-state index in [0.29, 0.717) is 17.4 Å². The van der Waals surface area contributed by atoms with Crippen molar-refractivity contribution in [3.8, 4) is 0 Å². The summed E-state index contributed by atoms with van der Waals surface area (Å²) in [6, 6.07) is 3.02. The van der Waals surface area contributed by atoms with Gasteiger partial charge in [-0.2, -0.15) is 0 Å². The Morgan fingerprint density at radius 2 is 1.95 bits per heavy atom. The first-order chi connectivity index (χ1) is 9.70. The second-order valence-corrected chi connectivity index (χ2v) is 7.27. The average molecular weight is 355 g/mol. The summed E-state index contributed by atoms with van der Waals surface area (Å²) in [5, 5.41) is 10.6. The van der Waals surface area contributed by atoms with Gasteiger partial charge in [-0.1, -0.05) is 11.6 Å². The van der Waals surface area contributed by atoms with Crippen molar-refractivity contribution in [1.29, 1.82) is 0 Å². The molecule has 1 aromatic carbocycles. The van der Waals surface area contributed by atoms with Crippen LogP contribution >= 0.6 is 22.9 Å². The highest BCUT2D eigenvalue weighted by molar-refractivity contribution is 7.94. The molecule has 0 aliphatic heterocycles. The Kier molecular flexibility index (Phi) is 4.12. The molecule has 0 unspecified atom stereocenters.